The molecule has 0 aliphatic heterocycles. The Labute approximate surface area is 146 Å². The van der Waals surface area contributed by atoms with Crippen LogP contribution >= 0.6 is 0 Å². The molecule has 1 atom stereocenters. The van der Waals surface area contributed by atoms with E-state index in [1.165, 1.54) is 17.7 Å². The van der Waals surface area contributed by atoms with E-state index in [1.807, 2.05) is 25.4 Å². The van der Waals surface area contributed by atoms with Crippen molar-refractivity contribution in [3.63, 3.8) is 0 Å². The minimum atomic E-state index is -0.354. The summed E-state index contributed by atoms with van der Waals surface area (Å²) in [6.07, 6.45) is 2.64. The SMILES string of the molecule is Cc1ccnc(C[C@H](C)N(C)Cc2cc3ccc(F)cc3[nH]c2=O)c1. The number of aromatic nitrogens is 2. The number of H-pyrrole nitrogens is 1. The van der Waals surface area contributed by atoms with Crippen LogP contribution < -0.4 is 5.56 Å². The fraction of sp³-hybridized carbons (Fsp3) is 0.300. The van der Waals surface area contributed by atoms with Gasteiger partial charge in [-0.3, -0.25) is 14.7 Å². The van der Waals surface area contributed by atoms with E-state index in [-0.39, 0.29) is 17.4 Å². The standard InChI is InChI=1S/C20H22FN3O/c1-13-6-7-22-18(8-13)9-14(2)24(3)12-16-10-15-4-5-17(21)11-19(15)23-20(16)25/h4-8,10-11,14H,9,12H2,1-3H3,(H,23,25)/t14-/m0/s1. The molecule has 3 rings (SSSR count). The highest BCUT2D eigenvalue weighted by atomic mass is 19.1. The summed E-state index contributed by atoms with van der Waals surface area (Å²) in [7, 11) is 1.99. The summed E-state index contributed by atoms with van der Waals surface area (Å²) in [6, 6.07) is 10.6. The molecule has 0 aliphatic carbocycles. The molecule has 0 saturated heterocycles. The highest BCUT2D eigenvalue weighted by molar-refractivity contribution is 5.78. The lowest BCUT2D eigenvalue weighted by Crippen LogP contribution is -2.32. The molecule has 0 radical (unpaired) electrons. The first kappa shape index (κ1) is 17.3. The number of rotatable bonds is 5. The van der Waals surface area contributed by atoms with Gasteiger partial charge in [0.2, 0.25) is 0 Å². The van der Waals surface area contributed by atoms with E-state index in [4.69, 9.17) is 0 Å². The smallest absolute Gasteiger partial charge is 0.252 e. The fourth-order valence-electron chi connectivity index (χ4n) is 2.93. The zero-order chi connectivity index (χ0) is 18.0. The average molecular weight is 339 g/mol. The lowest BCUT2D eigenvalue weighted by atomic mass is 10.1. The molecule has 0 saturated carbocycles. The van der Waals surface area contributed by atoms with Crippen molar-refractivity contribution in [2.45, 2.75) is 32.9 Å². The molecule has 2 aromatic heterocycles. The number of hydrogen-bond donors (Lipinski definition) is 1. The maximum absolute atomic E-state index is 13.3. The van der Waals surface area contributed by atoms with Crippen LogP contribution in [0.1, 0.15) is 23.7 Å². The van der Waals surface area contributed by atoms with E-state index in [0.717, 1.165) is 17.5 Å². The third-order valence-electron chi connectivity index (χ3n) is 4.53. The highest BCUT2D eigenvalue weighted by Crippen LogP contribution is 2.15. The Hall–Kier alpha value is -2.53. The molecule has 3 aromatic rings. The second-order valence-corrected chi connectivity index (χ2v) is 6.65. The third kappa shape index (κ3) is 4.12. The monoisotopic (exact) mass is 339 g/mol. The van der Waals surface area contributed by atoms with Crippen molar-refractivity contribution in [1.29, 1.82) is 0 Å². The molecule has 4 nitrogen and oxygen atoms in total. The molecule has 1 N–H and O–H groups in total. The van der Waals surface area contributed by atoms with Crippen LogP contribution in [-0.2, 0) is 13.0 Å². The molecule has 0 unspecified atom stereocenters. The van der Waals surface area contributed by atoms with Gasteiger partial charge >= 0.3 is 0 Å². The van der Waals surface area contributed by atoms with Crippen LogP contribution in [0.5, 0.6) is 0 Å². The topological polar surface area (TPSA) is 49.0 Å². The van der Waals surface area contributed by atoms with Crippen molar-refractivity contribution in [2.75, 3.05) is 7.05 Å². The Morgan fingerprint density at radius 1 is 1.24 bits per heavy atom. The van der Waals surface area contributed by atoms with E-state index in [1.54, 1.807) is 6.07 Å². The Morgan fingerprint density at radius 3 is 2.80 bits per heavy atom. The number of benzene rings is 1. The Balaban J connectivity index is 1.76. The number of nitrogens with one attached hydrogen (secondary N) is 1. The molecule has 0 amide bonds. The van der Waals surface area contributed by atoms with Crippen molar-refractivity contribution < 1.29 is 4.39 Å². The Kier molecular flexibility index (Phi) is 4.95. The van der Waals surface area contributed by atoms with Crippen LogP contribution in [0, 0.1) is 12.7 Å². The molecule has 130 valence electrons. The van der Waals surface area contributed by atoms with Gasteiger partial charge in [-0.1, -0.05) is 0 Å². The second-order valence-electron chi connectivity index (χ2n) is 6.65. The number of pyridine rings is 2. The number of halogens is 1. The van der Waals surface area contributed by atoms with E-state index in [2.05, 4.69) is 34.8 Å². The second kappa shape index (κ2) is 7.15. The van der Waals surface area contributed by atoms with Crippen LogP contribution in [0.3, 0.4) is 0 Å². The fourth-order valence-corrected chi connectivity index (χ4v) is 2.93. The van der Waals surface area contributed by atoms with Crippen LogP contribution in [0.2, 0.25) is 0 Å². The maximum Gasteiger partial charge on any atom is 0.252 e. The molecular weight excluding hydrogens is 317 g/mol. The van der Waals surface area contributed by atoms with Crippen molar-refractivity contribution in [2.24, 2.45) is 0 Å². The highest BCUT2D eigenvalue weighted by Gasteiger charge is 2.14. The summed E-state index contributed by atoms with van der Waals surface area (Å²) in [5.41, 5.74) is 3.25. The molecule has 5 heteroatoms. The Morgan fingerprint density at radius 2 is 2.04 bits per heavy atom. The van der Waals surface area contributed by atoms with Crippen LogP contribution in [0.4, 0.5) is 4.39 Å². The van der Waals surface area contributed by atoms with Gasteiger partial charge in [0.25, 0.3) is 5.56 Å². The van der Waals surface area contributed by atoms with E-state index < -0.39 is 0 Å². The lowest BCUT2D eigenvalue weighted by molar-refractivity contribution is 0.246. The largest absolute Gasteiger partial charge is 0.322 e. The van der Waals surface area contributed by atoms with Crippen molar-refractivity contribution in [1.82, 2.24) is 14.9 Å². The molecule has 0 spiro atoms. The van der Waals surface area contributed by atoms with Crippen molar-refractivity contribution in [3.05, 3.63) is 75.6 Å². The van der Waals surface area contributed by atoms with Gasteiger partial charge in [-0.2, -0.15) is 0 Å². The molecular formula is C20H22FN3O. The first-order valence-corrected chi connectivity index (χ1v) is 8.35. The van der Waals surface area contributed by atoms with Gasteiger partial charge in [0.05, 0.1) is 5.52 Å². The number of nitrogens with zero attached hydrogens (tertiary/aromatic N) is 2. The summed E-state index contributed by atoms with van der Waals surface area (Å²) in [6.45, 7) is 4.70. The van der Waals surface area contributed by atoms with Crippen LogP contribution in [0.15, 0.2) is 47.4 Å². The van der Waals surface area contributed by atoms with Gasteiger partial charge in [0.15, 0.2) is 0 Å². The number of hydrogen-bond acceptors (Lipinski definition) is 3. The first-order valence-electron chi connectivity index (χ1n) is 8.35. The summed E-state index contributed by atoms with van der Waals surface area (Å²) >= 11 is 0. The number of aromatic amines is 1. The third-order valence-corrected chi connectivity index (χ3v) is 4.53. The lowest BCUT2D eigenvalue weighted by Gasteiger charge is -2.24. The van der Waals surface area contributed by atoms with Gasteiger partial charge in [0, 0.05) is 36.5 Å². The van der Waals surface area contributed by atoms with Crippen molar-refractivity contribution in [3.8, 4) is 0 Å². The average Bonchev–Trinajstić information content (AvgIpc) is 2.55. The zero-order valence-corrected chi connectivity index (χ0v) is 14.7. The number of likely N-dealkylation sites (N-methyl/N-ethyl adjacent to an activating group) is 1. The predicted molar refractivity (Wildman–Crippen MR) is 98.1 cm³/mol. The van der Waals surface area contributed by atoms with E-state index >= 15 is 0 Å². The normalized spacial score (nSPS) is 12.7. The van der Waals surface area contributed by atoms with E-state index in [0.29, 0.717) is 17.6 Å². The number of fused-ring (bicyclic) bond motifs is 1. The molecule has 2 heterocycles. The minimum absolute atomic E-state index is 0.175. The Bertz CT molecular complexity index is 951. The molecule has 0 aliphatic rings. The molecule has 1 aromatic carbocycles. The van der Waals surface area contributed by atoms with E-state index in [9.17, 15) is 9.18 Å². The summed E-state index contributed by atoms with van der Waals surface area (Å²) in [4.78, 5) is 21.6. The van der Waals surface area contributed by atoms with Gasteiger partial charge in [-0.25, -0.2) is 4.39 Å². The quantitative estimate of drug-likeness (QED) is 0.775. The van der Waals surface area contributed by atoms with Gasteiger partial charge in [0.1, 0.15) is 5.82 Å². The van der Waals surface area contributed by atoms with Crippen LogP contribution in [-0.4, -0.2) is 28.0 Å². The minimum Gasteiger partial charge on any atom is -0.322 e. The first-order chi connectivity index (χ1) is 11.9. The predicted octanol–water partition coefficient (Wildman–Crippen LogP) is 3.43. The van der Waals surface area contributed by atoms with Crippen LogP contribution in [0.25, 0.3) is 10.9 Å². The van der Waals surface area contributed by atoms with Crippen molar-refractivity contribution >= 4 is 10.9 Å². The summed E-state index contributed by atoms with van der Waals surface area (Å²) < 4.78 is 13.3. The van der Waals surface area contributed by atoms with Gasteiger partial charge in [-0.05, 0) is 68.2 Å². The summed E-state index contributed by atoms with van der Waals surface area (Å²) in [5, 5.41) is 0.831. The molecule has 0 bridgehead atoms. The zero-order valence-electron chi connectivity index (χ0n) is 14.7. The number of aryl methyl sites for hydroxylation is 1. The van der Waals surface area contributed by atoms with Gasteiger partial charge < -0.3 is 4.98 Å². The molecule has 0 fully saturated rings. The summed E-state index contributed by atoms with van der Waals surface area (Å²) in [5.74, 6) is -0.354. The van der Waals surface area contributed by atoms with Gasteiger partial charge in [-0.15, -0.1) is 0 Å². The maximum atomic E-state index is 13.3. The molecule has 25 heavy (non-hydrogen) atoms.